The van der Waals surface area contributed by atoms with E-state index in [0.29, 0.717) is 33.6 Å². The molecule has 8 nitrogen and oxygen atoms in total. The maximum absolute atomic E-state index is 15.1. The standard InChI is InChI=1S/C26H31F2N7OS/c1-15-10-23(33-32-15)31-26(24(18-6-7-18)16(2)22-13-34(4)14-29-22)30-17(3)35(8-9-36)25-20(27)11-19(37-5)12-21(25)28/h10-14,18,36H,2,6-9H2,1,3-5H3,(H2,31,32,33)/b26-24-,30-17+. The summed E-state index contributed by atoms with van der Waals surface area (Å²) in [7, 11) is 1.89. The maximum atomic E-state index is 15.1. The van der Waals surface area contributed by atoms with E-state index in [2.05, 4.69) is 27.1 Å². The average Bonchev–Trinajstić information content (AvgIpc) is 3.45. The van der Waals surface area contributed by atoms with Gasteiger partial charge in [-0.05, 0) is 51.0 Å². The molecule has 37 heavy (non-hydrogen) atoms. The first-order valence-electron chi connectivity index (χ1n) is 11.9. The Hall–Kier alpha value is -3.44. The Kier molecular flexibility index (Phi) is 8.13. The van der Waals surface area contributed by atoms with Crippen LogP contribution in [0.15, 0.2) is 58.6 Å². The average molecular weight is 528 g/mol. The molecule has 1 aliphatic carbocycles. The minimum atomic E-state index is -0.728. The zero-order valence-corrected chi connectivity index (χ0v) is 22.2. The second-order valence-corrected chi connectivity index (χ2v) is 9.85. The first kappa shape index (κ1) is 26.6. The topological polar surface area (TPSA) is 94.4 Å². The van der Waals surface area contributed by atoms with Gasteiger partial charge < -0.3 is 19.9 Å². The number of rotatable bonds is 10. The lowest BCUT2D eigenvalue weighted by Gasteiger charge is -2.26. The van der Waals surface area contributed by atoms with Gasteiger partial charge in [0.2, 0.25) is 0 Å². The number of imidazole rings is 1. The minimum Gasteiger partial charge on any atom is -0.395 e. The van der Waals surface area contributed by atoms with Gasteiger partial charge in [-0.2, -0.15) is 5.10 Å². The summed E-state index contributed by atoms with van der Waals surface area (Å²) >= 11 is 1.25. The number of H-pyrrole nitrogens is 1. The molecule has 2 aromatic heterocycles. The molecule has 1 saturated carbocycles. The number of anilines is 2. The van der Waals surface area contributed by atoms with Crippen LogP contribution in [0.2, 0.25) is 0 Å². The molecule has 0 atom stereocenters. The van der Waals surface area contributed by atoms with Crippen LogP contribution in [-0.2, 0) is 7.05 Å². The molecular weight excluding hydrogens is 496 g/mol. The fraction of sp³-hybridized carbons (Fsp3) is 0.346. The van der Waals surface area contributed by atoms with Gasteiger partial charge in [0.05, 0.1) is 18.6 Å². The van der Waals surface area contributed by atoms with Crippen LogP contribution in [0.1, 0.15) is 31.2 Å². The molecule has 196 valence electrons. The molecule has 1 aliphatic rings. The number of aliphatic hydroxyl groups excluding tert-OH is 1. The van der Waals surface area contributed by atoms with Crippen molar-refractivity contribution in [3.63, 3.8) is 0 Å². The largest absolute Gasteiger partial charge is 0.395 e. The van der Waals surface area contributed by atoms with Gasteiger partial charge in [0.1, 0.15) is 17.3 Å². The Morgan fingerprint density at radius 3 is 2.54 bits per heavy atom. The summed E-state index contributed by atoms with van der Waals surface area (Å²) in [6.45, 7) is 7.49. The second-order valence-electron chi connectivity index (χ2n) is 8.97. The second kappa shape index (κ2) is 11.3. The van der Waals surface area contributed by atoms with Gasteiger partial charge in [0.15, 0.2) is 17.5 Å². The molecule has 1 fully saturated rings. The predicted octanol–water partition coefficient (Wildman–Crippen LogP) is 5.12. The third-order valence-corrected chi connectivity index (χ3v) is 6.72. The number of hydrogen-bond donors (Lipinski definition) is 3. The monoisotopic (exact) mass is 527 g/mol. The molecule has 1 aromatic carbocycles. The number of benzene rings is 1. The van der Waals surface area contributed by atoms with E-state index in [1.165, 1.54) is 28.8 Å². The van der Waals surface area contributed by atoms with Gasteiger partial charge in [-0.25, -0.2) is 18.8 Å². The van der Waals surface area contributed by atoms with Crippen molar-refractivity contribution < 1.29 is 13.9 Å². The third-order valence-electron chi connectivity index (χ3n) is 6.02. The Bertz CT molecular complexity index is 1330. The van der Waals surface area contributed by atoms with E-state index in [4.69, 9.17) is 4.99 Å². The minimum absolute atomic E-state index is 0.0451. The number of hydrogen-bond acceptors (Lipinski definition) is 6. The van der Waals surface area contributed by atoms with E-state index in [-0.39, 0.29) is 24.8 Å². The number of aromatic amines is 1. The van der Waals surface area contributed by atoms with E-state index in [9.17, 15) is 5.11 Å². The van der Waals surface area contributed by atoms with E-state index < -0.39 is 11.6 Å². The number of thioether (sulfide) groups is 1. The zero-order chi connectivity index (χ0) is 26.7. The van der Waals surface area contributed by atoms with Crippen LogP contribution < -0.4 is 10.2 Å². The van der Waals surface area contributed by atoms with Crippen LogP contribution >= 0.6 is 11.8 Å². The number of nitrogens with one attached hydrogen (secondary N) is 2. The zero-order valence-electron chi connectivity index (χ0n) is 21.3. The van der Waals surface area contributed by atoms with Crippen LogP contribution in [0.3, 0.4) is 0 Å². The quantitative estimate of drug-likeness (QED) is 0.147. The van der Waals surface area contributed by atoms with E-state index in [1.54, 1.807) is 19.5 Å². The number of allylic oxidation sites excluding steroid dienone is 2. The highest BCUT2D eigenvalue weighted by Gasteiger charge is 2.32. The van der Waals surface area contributed by atoms with Gasteiger partial charge in [-0.3, -0.25) is 5.10 Å². The predicted molar refractivity (Wildman–Crippen MR) is 145 cm³/mol. The van der Waals surface area contributed by atoms with Gasteiger partial charge in [0, 0.05) is 47.6 Å². The summed E-state index contributed by atoms with van der Waals surface area (Å²) in [5.41, 5.74) is 2.89. The summed E-state index contributed by atoms with van der Waals surface area (Å²) in [6, 6.07) is 4.40. The molecule has 0 amide bonds. The summed E-state index contributed by atoms with van der Waals surface area (Å²) in [6.07, 6.45) is 7.25. The normalized spacial score (nSPS) is 14.5. The van der Waals surface area contributed by atoms with E-state index in [0.717, 1.165) is 24.1 Å². The van der Waals surface area contributed by atoms with Gasteiger partial charge in [-0.1, -0.05) is 6.58 Å². The molecule has 0 unspecified atom stereocenters. The van der Waals surface area contributed by atoms with Crippen molar-refractivity contribution in [1.29, 1.82) is 0 Å². The van der Waals surface area contributed by atoms with Crippen LogP contribution in [0.5, 0.6) is 0 Å². The molecular formula is C26H31F2N7OS. The number of amidine groups is 1. The molecule has 3 aromatic rings. The molecule has 11 heteroatoms. The highest BCUT2D eigenvalue weighted by atomic mass is 32.2. The van der Waals surface area contributed by atoms with E-state index in [1.807, 2.05) is 30.8 Å². The number of aromatic nitrogens is 4. The van der Waals surface area contributed by atoms with Crippen LogP contribution in [0.4, 0.5) is 20.3 Å². The number of aliphatic hydroxyl groups is 1. The smallest absolute Gasteiger partial charge is 0.153 e. The number of nitrogens with zero attached hydrogens (tertiary/aromatic N) is 5. The van der Waals surface area contributed by atoms with Crippen molar-refractivity contribution >= 4 is 34.7 Å². The van der Waals surface area contributed by atoms with Crippen LogP contribution in [0, 0.1) is 24.5 Å². The first-order valence-corrected chi connectivity index (χ1v) is 13.1. The third kappa shape index (κ3) is 6.11. The Balaban J connectivity index is 1.84. The van der Waals surface area contributed by atoms with E-state index >= 15 is 8.78 Å². The molecule has 0 spiro atoms. The summed E-state index contributed by atoms with van der Waals surface area (Å²) < 4.78 is 32.0. The van der Waals surface area contributed by atoms with Gasteiger partial charge in [0.25, 0.3) is 0 Å². The summed E-state index contributed by atoms with van der Waals surface area (Å²) in [4.78, 5) is 11.1. The SMILES string of the molecule is C=C(/C(=C(\N=C(/C)N(CCO)c1c(F)cc(SC)cc1F)Nc1cc(C)[nH]n1)C1CC1)c1cn(C)cn1. The number of aryl methyl sites for hydroxylation is 2. The Morgan fingerprint density at radius 2 is 2.03 bits per heavy atom. The lowest BCUT2D eigenvalue weighted by molar-refractivity contribution is 0.306. The Labute approximate surface area is 219 Å². The van der Waals surface area contributed by atoms with Crippen LogP contribution in [0.25, 0.3) is 5.57 Å². The molecule has 0 radical (unpaired) electrons. The molecule has 0 saturated heterocycles. The van der Waals surface area contributed by atoms with Gasteiger partial charge >= 0.3 is 0 Å². The van der Waals surface area contributed by atoms with Crippen molar-refractivity contribution in [3.05, 3.63) is 71.7 Å². The summed E-state index contributed by atoms with van der Waals surface area (Å²) in [5.74, 6) is 0.0564. The molecule has 0 bridgehead atoms. The fourth-order valence-electron chi connectivity index (χ4n) is 4.10. The highest BCUT2D eigenvalue weighted by Crippen LogP contribution is 2.44. The lowest BCUT2D eigenvalue weighted by Crippen LogP contribution is -2.33. The van der Waals surface area contributed by atoms with Crippen molar-refractivity contribution in [1.82, 2.24) is 19.7 Å². The maximum Gasteiger partial charge on any atom is 0.153 e. The number of aliphatic imine (C=N–C) groups is 1. The van der Waals surface area contributed by atoms with Crippen molar-refractivity contribution in [2.75, 3.05) is 29.6 Å². The lowest BCUT2D eigenvalue weighted by atomic mass is 10.00. The first-order chi connectivity index (χ1) is 17.7. The molecule has 3 N–H and O–H groups in total. The summed E-state index contributed by atoms with van der Waals surface area (Å²) in [5, 5.41) is 20.2. The van der Waals surface area contributed by atoms with Crippen molar-refractivity contribution in [3.8, 4) is 0 Å². The molecule has 2 heterocycles. The molecule has 4 rings (SSSR count). The molecule has 0 aliphatic heterocycles. The highest BCUT2D eigenvalue weighted by molar-refractivity contribution is 7.98. The van der Waals surface area contributed by atoms with Crippen LogP contribution in [-0.4, -0.2) is 50.1 Å². The fourth-order valence-corrected chi connectivity index (χ4v) is 4.54. The van der Waals surface area contributed by atoms with Crippen molar-refractivity contribution in [2.45, 2.75) is 31.6 Å². The van der Waals surface area contributed by atoms with Gasteiger partial charge in [-0.15, -0.1) is 11.8 Å². The Morgan fingerprint density at radius 1 is 1.32 bits per heavy atom. The number of halogens is 2. The van der Waals surface area contributed by atoms with Crippen molar-refractivity contribution in [2.24, 2.45) is 18.0 Å².